The Kier molecular flexibility index (Phi) is 3.65. The molecule has 0 aliphatic carbocycles. The van der Waals surface area contributed by atoms with E-state index in [4.69, 9.17) is 11.6 Å². The second kappa shape index (κ2) is 5.59. The van der Waals surface area contributed by atoms with Gasteiger partial charge in [0.25, 0.3) is 0 Å². The van der Waals surface area contributed by atoms with Crippen molar-refractivity contribution >= 4 is 43.1 Å². The molecule has 0 atom stereocenters. The minimum absolute atomic E-state index is 0.770. The van der Waals surface area contributed by atoms with Gasteiger partial charge in [-0.25, -0.2) is 0 Å². The molecule has 0 amide bonds. The summed E-state index contributed by atoms with van der Waals surface area (Å²) in [5.41, 5.74) is 2.19. The van der Waals surface area contributed by atoms with Crippen LogP contribution in [-0.4, -0.2) is 5.11 Å². The maximum absolute atomic E-state index is 10.6. The number of fused-ring (bicyclic) bond motifs is 3. The first-order chi connectivity index (χ1) is 11.5. The van der Waals surface area contributed by atoms with E-state index in [1.165, 1.54) is 14.8 Å². The minimum atomic E-state index is -0.904. The molecule has 4 aromatic rings. The van der Waals surface area contributed by atoms with Gasteiger partial charge in [0.1, 0.15) is 0 Å². The Labute approximate surface area is 150 Å². The maximum Gasteiger partial charge on any atom is 0.0846 e. The van der Waals surface area contributed by atoms with Gasteiger partial charge in [-0.05, 0) is 37.1 Å². The van der Waals surface area contributed by atoms with E-state index in [1.54, 1.807) is 11.3 Å². The van der Waals surface area contributed by atoms with E-state index in [2.05, 4.69) is 30.3 Å². The number of thiophene rings is 1. The first-order valence-corrected chi connectivity index (χ1v) is 9.08. The molecule has 4 rings (SSSR count). The molecule has 0 saturated heterocycles. The third kappa shape index (κ3) is 2.42. The van der Waals surface area contributed by atoms with Crippen LogP contribution in [0.15, 0.2) is 60.7 Å². The highest BCUT2D eigenvalue weighted by atomic mass is 35.5. The van der Waals surface area contributed by atoms with Crippen LogP contribution in [0, 0.1) is 0 Å². The predicted octanol–water partition coefficient (Wildman–Crippen LogP) is 6.60. The van der Waals surface area contributed by atoms with Gasteiger partial charge in [-0.15, -0.1) is 11.3 Å². The van der Waals surface area contributed by atoms with Crippen molar-refractivity contribution in [2.24, 2.45) is 0 Å². The van der Waals surface area contributed by atoms with Crippen molar-refractivity contribution in [3.05, 3.63) is 71.2 Å². The van der Waals surface area contributed by atoms with Crippen LogP contribution in [0.4, 0.5) is 0 Å². The van der Waals surface area contributed by atoms with Gasteiger partial charge >= 0.3 is 0 Å². The zero-order valence-corrected chi connectivity index (χ0v) is 15.1. The highest BCUT2D eigenvalue weighted by Crippen LogP contribution is 2.44. The van der Waals surface area contributed by atoms with Gasteiger partial charge in [0, 0.05) is 30.8 Å². The van der Waals surface area contributed by atoms with E-state index >= 15 is 0 Å². The summed E-state index contributed by atoms with van der Waals surface area (Å²) in [5.74, 6) is 0. The fraction of sp³-hybridized carbons (Fsp3) is 0.143. The highest BCUT2D eigenvalue weighted by molar-refractivity contribution is 7.26. The molecule has 0 radical (unpaired) electrons. The Bertz CT molecular complexity index is 1060. The SMILES string of the molecule is CC(C)(O)c1ccccc1-c1ccc(Cl)c2c1sc1ccccc12. The van der Waals surface area contributed by atoms with Gasteiger partial charge < -0.3 is 5.11 Å². The van der Waals surface area contributed by atoms with Crippen LogP contribution in [0.3, 0.4) is 0 Å². The molecular weight excluding hydrogens is 336 g/mol. The fourth-order valence-electron chi connectivity index (χ4n) is 3.25. The Balaban J connectivity index is 2.12. The van der Waals surface area contributed by atoms with Crippen LogP contribution in [-0.2, 0) is 5.60 Å². The molecule has 0 aliphatic rings. The third-order valence-electron chi connectivity index (χ3n) is 4.35. The molecule has 1 aromatic heterocycles. The number of hydrogen-bond acceptors (Lipinski definition) is 2. The largest absolute Gasteiger partial charge is 0.386 e. The third-order valence-corrected chi connectivity index (χ3v) is 5.87. The normalized spacial score (nSPS) is 12.2. The topological polar surface area (TPSA) is 20.2 Å². The average Bonchev–Trinajstić information content (AvgIpc) is 2.94. The average molecular weight is 353 g/mol. The molecular formula is C21H17ClOS. The summed E-state index contributed by atoms with van der Waals surface area (Å²) in [4.78, 5) is 0. The van der Waals surface area contributed by atoms with Gasteiger partial charge in [-0.1, -0.05) is 60.1 Å². The molecule has 0 fully saturated rings. The molecule has 0 unspecified atom stereocenters. The molecule has 0 spiro atoms. The summed E-state index contributed by atoms with van der Waals surface area (Å²) in [7, 11) is 0. The van der Waals surface area contributed by atoms with Gasteiger partial charge in [-0.3, -0.25) is 0 Å². The van der Waals surface area contributed by atoms with Gasteiger partial charge in [-0.2, -0.15) is 0 Å². The van der Waals surface area contributed by atoms with Crippen molar-refractivity contribution in [2.75, 3.05) is 0 Å². The van der Waals surface area contributed by atoms with Gasteiger partial charge in [0.15, 0.2) is 0 Å². The molecule has 0 aliphatic heterocycles. The van der Waals surface area contributed by atoms with Crippen molar-refractivity contribution < 1.29 is 5.11 Å². The van der Waals surface area contributed by atoms with E-state index < -0.39 is 5.60 Å². The van der Waals surface area contributed by atoms with Crippen molar-refractivity contribution in [3.8, 4) is 11.1 Å². The monoisotopic (exact) mass is 352 g/mol. The molecule has 0 bridgehead atoms. The van der Waals surface area contributed by atoms with Crippen molar-refractivity contribution in [1.82, 2.24) is 0 Å². The summed E-state index contributed by atoms with van der Waals surface area (Å²) in [6.07, 6.45) is 0. The van der Waals surface area contributed by atoms with Crippen molar-refractivity contribution in [1.29, 1.82) is 0 Å². The number of halogens is 1. The van der Waals surface area contributed by atoms with Crippen molar-refractivity contribution in [2.45, 2.75) is 19.4 Å². The first-order valence-electron chi connectivity index (χ1n) is 7.89. The summed E-state index contributed by atoms with van der Waals surface area (Å²) >= 11 is 8.27. The lowest BCUT2D eigenvalue weighted by atomic mass is 9.89. The standard InChI is InChI=1S/C21H17ClOS/c1-21(2,23)16-9-5-3-7-13(16)14-11-12-17(22)19-15-8-4-6-10-18(15)24-20(14)19/h3-12,23H,1-2H3. The molecule has 1 nitrogen and oxygen atoms in total. The Morgan fingerprint density at radius 2 is 1.58 bits per heavy atom. The molecule has 0 saturated carbocycles. The molecule has 1 heterocycles. The van der Waals surface area contributed by atoms with Crippen LogP contribution < -0.4 is 0 Å². The quantitative estimate of drug-likeness (QED) is 0.430. The molecule has 1 N–H and O–H groups in total. The van der Waals surface area contributed by atoms with E-state index in [9.17, 15) is 5.11 Å². The summed E-state index contributed by atoms with van der Waals surface area (Å²) in [6, 6.07) is 20.4. The predicted molar refractivity (Wildman–Crippen MR) is 105 cm³/mol. The van der Waals surface area contributed by atoms with Crippen LogP contribution in [0.2, 0.25) is 5.02 Å². The molecule has 24 heavy (non-hydrogen) atoms. The van der Waals surface area contributed by atoms with Crippen LogP contribution in [0.5, 0.6) is 0 Å². The van der Waals surface area contributed by atoms with E-state index in [-0.39, 0.29) is 0 Å². The second-order valence-corrected chi connectivity index (χ2v) is 7.96. The Morgan fingerprint density at radius 1 is 0.875 bits per heavy atom. The highest BCUT2D eigenvalue weighted by Gasteiger charge is 2.22. The van der Waals surface area contributed by atoms with Crippen LogP contribution in [0.25, 0.3) is 31.3 Å². The lowest BCUT2D eigenvalue weighted by Gasteiger charge is -2.22. The van der Waals surface area contributed by atoms with Crippen molar-refractivity contribution in [3.63, 3.8) is 0 Å². The van der Waals surface area contributed by atoms with Gasteiger partial charge in [0.05, 0.1) is 5.60 Å². The minimum Gasteiger partial charge on any atom is -0.386 e. The van der Waals surface area contributed by atoms with E-state index in [0.717, 1.165) is 27.1 Å². The summed E-state index contributed by atoms with van der Waals surface area (Å²) in [6.45, 7) is 3.65. The number of benzene rings is 3. The Morgan fingerprint density at radius 3 is 2.38 bits per heavy atom. The fourth-order valence-corrected chi connectivity index (χ4v) is 4.82. The molecule has 120 valence electrons. The lowest BCUT2D eigenvalue weighted by molar-refractivity contribution is 0.0792. The van der Waals surface area contributed by atoms with E-state index in [1.807, 2.05) is 44.2 Å². The molecule has 3 heteroatoms. The van der Waals surface area contributed by atoms with Crippen LogP contribution >= 0.6 is 22.9 Å². The zero-order valence-electron chi connectivity index (χ0n) is 13.5. The Hall–Kier alpha value is -1.87. The summed E-state index contributed by atoms with van der Waals surface area (Å²) in [5, 5.41) is 13.6. The van der Waals surface area contributed by atoms with Gasteiger partial charge in [0.2, 0.25) is 0 Å². The second-order valence-electron chi connectivity index (χ2n) is 6.50. The smallest absolute Gasteiger partial charge is 0.0846 e. The summed E-state index contributed by atoms with van der Waals surface area (Å²) < 4.78 is 2.39. The first kappa shape index (κ1) is 15.6. The number of rotatable bonds is 2. The van der Waals surface area contributed by atoms with E-state index in [0.29, 0.717) is 0 Å². The van der Waals surface area contributed by atoms with Crippen LogP contribution in [0.1, 0.15) is 19.4 Å². The lowest BCUT2D eigenvalue weighted by Crippen LogP contribution is -2.16. The number of hydrogen-bond donors (Lipinski definition) is 1. The number of aliphatic hydroxyl groups is 1. The zero-order chi connectivity index (χ0) is 16.9. The molecule has 3 aromatic carbocycles. The maximum atomic E-state index is 10.6.